The molecule has 1 aliphatic heterocycles. The first-order chi connectivity index (χ1) is 17.3. The Kier molecular flexibility index (Phi) is 8.03. The molecule has 1 saturated heterocycles. The van der Waals surface area contributed by atoms with E-state index in [4.69, 9.17) is 33.3 Å². The van der Waals surface area contributed by atoms with Crippen molar-refractivity contribution in [1.29, 1.82) is 0 Å². The van der Waals surface area contributed by atoms with Crippen LogP contribution in [0, 0.1) is 5.82 Å². The lowest BCUT2D eigenvalue weighted by atomic mass is 10.1. The van der Waals surface area contributed by atoms with Crippen LogP contribution in [0.3, 0.4) is 0 Å². The van der Waals surface area contributed by atoms with Gasteiger partial charge in [0.25, 0.3) is 11.8 Å². The topological polar surface area (TPSA) is 67.9 Å². The summed E-state index contributed by atoms with van der Waals surface area (Å²) in [5.41, 5.74) is 1.04. The van der Waals surface area contributed by atoms with Crippen molar-refractivity contribution in [3.05, 3.63) is 92.7 Å². The van der Waals surface area contributed by atoms with Crippen LogP contribution < -0.4 is 19.7 Å². The Morgan fingerprint density at radius 3 is 2.53 bits per heavy atom. The molecular formula is C26H19BrClFN2O4S. The first-order valence-corrected chi connectivity index (χ1v) is 12.4. The molecule has 1 fully saturated rings. The zero-order chi connectivity index (χ0) is 25.8. The number of carbonyl (C=O) groups is 2. The number of hydrogen-bond donors (Lipinski definition) is 1. The van der Waals surface area contributed by atoms with E-state index in [1.807, 2.05) is 31.2 Å². The van der Waals surface area contributed by atoms with Crippen LogP contribution in [0.25, 0.3) is 6.08 Å². The molecule has 1 aliphatic rings. The van der Waals surface area contributed by atoms with Gasteiger partial charge >= 0.3 is 0 Å². The van der Waals surface area contributed by atoms with E-state index in [0.717, 1.165) is 14.9 Å². The highest BCUT2D eigenvalue weighted by molar-refractivity contribution is 9.10. The minimum atomic E-state index is -0.765. The number of rotatable bonds is 7. The number of nitrogens with zero attached hydrogens (tertiary/aromatic N) is 1. The molecule has 0 aliphatic carbocycles. The van der Waals surface area contributed by atoms with E-state index in [0.29, 0.717) is 23.7 Å². The Bertz CT molecular complexity index is 1380. The monoisotopic (exact) mass is 588 g/mol. The molecule has 0 spiro atoms. The molecule has 10 heteroatoms. The number of amides is 2. The highest BCUT2D eigenvalue weighted by atomic mass is 79.9. The summed E-state index contributed by atoms with van der Waals surface area (Å²) in [6.45, 7) is 2.39. The molecule has 0 aromatic heterocycles. The van der Waals surface area contributed by atoms with Crippen LogP contribution in [-0.2, 0) is 16.2 Å². The molecule has 36 heavy (non-hydrogen) atoms. The summed E-state index contributed by atoms with van der Waals surface area (Å²) in [6.07, 6.45) is 1.35. The van der Waals surface area contributed by atoms with Crippen molar-refractivity contribution in [2.45, 2.75) is 13.5 Å². The fourth-order valence-electron chi connectivity index (χ4n) is 3.49. The van der Waals surface area contributed by atoms with Crippen LogP contribution in [0.15, 0.2) is 70.7 Å². The molecule has 0 unspecified atom stereocenters. The first-order valence-electron chi connectivity index (χ1n) is 10.8. The fourth-order valence-corrected chi connectivity index (χ4v) is 4.30. The first kappa shape index (κ1) is 25.8. The second-order valence-electron chi connectivity index (χ2n) is 7.59. The second-order valence-corrected chi connectivity index (χ2v) is 9.30. The third-order valence-corrected chi connectivity index (χ3v) is 6.23. The molecule has 6 nitrogen and oxygen atoms in total. The molecule has 0 saturated carbocycles. The van der Waals surface area contributed by atoms with E-state index in [1.165, 1.54) is 24.3 Å². The van der Waals surface area contributed by atoms with E-state index < -0.39 is 17.6 Å². The molecule has 4 rings (SSSR count). The van der Waals surface area contributed by atoms with Gasteiger partial charge in [0.2, 0.25) is 0 Å². The zero-order valence-corrected chi connectivity index (χ0v) is 22.0. The van der Waals surface area contributed by atoms with Crippen LogP contribution in [0.2, 0.25) is 5.02 Å². The molecule has 0 atom stereocenters. The van der Waals surface area contributed by atoms with Gasteiger partial charge in [0, 0.05) is 4.47 Å². The van der Waals surface area contributed by atoms with Gasteiger partial charge in [0.05, 0.1) is 17.3 Å². The van der Waals surface area contributed by atoms with Crippen molar-refractivity contribution in [2.24, 2.45) is 0 Å². The van der Waals surface area contributed by atoms with Gasteiger partial charge in [-0.3, -0.25) is 14.9 Å². The summed E-state index contributed by atoms with van der Waals surface area (Å²) in [7, 11) is 0. The predicted octanol–water partition coefficient (Wildman–Crippen LogP) is 6.05. The van der Waals surface area contributed by atoms with Gasteiger partial charge in [-0.25, -0.2) is 9.29 Å². The number of anilines is 1. The number of benzene rings is 3. The summed E-state index contributed by atoms with van der Waals surface area (Å²) in [4.78, 5) is 26.8. The molecule has 3 aromatic carbocycles. The molecule has 0 bridgehead atoms. The van der Waals surface area contributed by atoms with Crippen molar-refractivity contribution >= 4 is 68.4 Å². The third-order valence-electron chi connectivity index (χ3n) is 5.13. The van der Waals surface area contributed by atoms with Crippen molar-refractivity contribution in [1.82, 2.24) is 5.32 Å². The number of hydrogen-bond acceptors (Lipinski definition) is 5. The smallest absolute Gasteiger partial charge is 0.270 e. The van der Waals surface area contributed by atoms with E-state index in [1.54, 1.807) is 18.2 Å². The van der Waals surface area contributed by atoms with Gasteiger partial charge in [-0.15, -0.1) is 0 Å². The molecule has 3 aromatic rings. The molecule has 0 radical (unpaired) electrons. The fraction of sp³-hybridized carbons (Fsp3) is 0.115. The van der Waals surface area contributed by atoms with Crippen LogP contribution >= 0.6 is 39.7 Å². The molecule has 1 heterocycles. The highest BCUT2D eigenvalue weighted by Crippen LogP contribution is 2.38. The van der Waals surface area contributed by atoms with Crippen LogP contribution in [0.5, 0.6) is 11.5 Å². The molecule has 184 valence electrons. The lowest BCUT2D eigenvalue weighted by molar-refractivity contribution is -0.122. The average Bonchev–Trinajstić information content (AvgIpc) is 2.83. The summed E-state index contributed by atoms with van der Waals surface area (Å²) in [5.74, 6) is -1.45. The van der Waals surface area contributed by atoms with Gasteiger partial charge in [-0.1, -0.05) is 51.8 Å². The SMILES string of the molecule is CCOc1cc(/C=C2\C(=O)NC(=S)N(c3ccccc3F)C2=O)cc(Cl)c1OCc1ccc(Br)cc1. The second kappa shape index (κ2) is 11.2. The largest absolute Gasteiger partial charge is 0.490 e. The maximum atomic E-state index is 14.4. The van der Waals surface area contributed by atoms with Crippen LogP contribution in [0.1, 0.15) is 18.1 Å². The minimum absolute atomic E-state index is 0.0665. The lowest BCUT2D eigenvalue weighted by Gasteiger charge is -2.29. The lowest BCUT2D eigenvalue weighted by Crippen LogP contribution is -2.54. The third kappa shape index (κ3) is 5.59. The summed E-state index contributed by atoms with van der Waals surface area (Å²) < 4.78 is 27.0. The van der Waals surface area contributed by atoms with Gasteiger partial charge in [0.1, 0.15) is 18.0 Å². The molecule has 2 amide bonds. The normalized spacial score (nSPS) is 14.7. The number of para-hydroxylation sites is 1. The van der Waals surface area contributed by atoms with Crippen molar-refractivity contribution in [3.8, 4) is 11.5 Å². The minimum Gasteiger partial charge on any atom is -0.490 e. The summed E-state index contributed by atoms with van der Waals surface area (Å²) >= 11 is 15.0. The van der Waals surface area contributed by atoms with Crippen molar-refractivity contribution in [3.63, 3.8) is 0 Å². The van der Waals surface area contributed by atoms with Gasteiger partial charge < -0.3 is 9.47 Å². The highest BCUT2D eigenvalue weighted by Gasteiger charge is 2.35. The Morgan fingerprint density at radius 1 is 1.11 bits per heavy atom. The molecular weight excluding hydrogens is 571 g/mol. The van der Waals surface area contributed by atoms with Crippen molar-refractivity contribution < 1.29 is 23.5 Å². The van der Waals surface area contributed by atoms with Crippen LogP contribution in [-0.4, -0.2) is 23.5 Å². The Balaban J connectivity index is 1.66. The maximum absolute atomic E-state index is 14.4. The standard InChI is InChI=1S/C26H19BrClFN2O4S/c1-2-34-22-13-16(12-19(28)23(22)35-14-15-7-9-17(27)10-8-15)11-18-24(32)30-26(36)31(25(18)33)21-6-4-3-5-20(21)29/h3-13H,2,14H2,1H3,(H,30,32,36)/b18-11+. The van der Waals surface area contributed by atoms with E-state index in [-0.39, 0.29) is 28.0 Å². The maximum Gasteiger partial charge on any atom is 0.270 e. The van der Waals surface area contributed by atoms with Gasteiger partial charge in [-0.05, 0) is 72.7 Å². The Labute approximate surface area is 225 Å². The summed E-state index contributed by atoms with van der Waals surface area (Å²) in [6, 6.07) is 16.4. The Hall–Kier alpha value is -3.27. The predicted molar refractivity (Wildman–Crippen MR) is 144 cm³/mol. The van der Waals surface area contributed by atoms with Crippen molar-refractivity contribution in [2.75, 3.05) is 11.5 Å². The summed E-state index contributed by atoms with van der Waals surface area (Å²) in [5, 5.41) is 2.45. The van der Waals surface area contributed by atoms with E-state index in [9.17, 15) is 14.0 Å². The van der Waals surface area contributed by atoms with E-state index in [2.05, 4.69) is 21.2 Å². The Morgan fingerprint density at radius 2 is 1.83 bits per heavy atom. The quantitative estimate of drug-likeness (QED) is 0.206. The van der Waals surface area contributed by atoms with Gasteiger partial charge in [0.15, 0.2) is 16.6 Å². The number of thiocarbonyl (C=S) groups is 1. The average molecular weight is 590 g/mol. The number of halogens is 3. The molecule has 1 N–H and O–H groups in total. The van der Waals surface area contributed by atoms with Crippen LogP contribution in [0.4, 0.5) is 10.1 Å². The number of carbonyl (C=O) groups excluding carboxylic acids is 2. The number of nitrogens with one attached hydrogen (secondary N) is 1. The van der Waals surface area contributed by atoms with Gasteiger partial charge in [-0.2, -0.15) is 0 Å². The zero-order valence-electron chi connectivity index (χ0n) is 18.9. The van der Waals surface area contributed by atoms with E-state index >= 15 is 0 Å². The number of ether oxygens (including phenoxy) is 2.